The highest BCUT2D eigenvalue weighted by atomic mass is 35.5. The van der Waals surface area contributed by atoms with Gasteiger partial charge in [0.2, 0.25) is 0 Å². The number of fused-ring (bicyclic) bond motifs is 1. The second-order valence-electron chi connectivity index (χ2n) is 5.88. The van der Waals surface area contributed by atoms with Crippen LogP contribution in [0.15, 0.2) is 71.5 Å². The molecule has 0 bridgehead atoms. The van der Waals surface area contributed by atoms with Crippen LogP contribution < -0.4 is 5.56 Å². The molecule has 27 heavy (non-hydrogen) atoms. The van der Waals surface area contributed by atoms with E-state index in [0.29, 0.717) is 21.9 Å². The minimum absolute atomic E-state index is 0.0332. The van der Waals surface area contributed by atoms with Crippen molar-refractivity contribution in [3.63, 3.8) is 0 Å². The number of H-pyrrole nitrogens is 1. The highest BCUT2D eigenvalue weighted by molar-refractivity contribution is 6.31. The molecule has 0 spiro atoms. The van der Waals surface area contributed by atoms with Gasteiger partial charge in [-0.1, -0.05) is 60.1 Å². The van der Waals surface area contributed by atoms with Crippen LogP contribution in [0.5, 0.6) is 0 Å². The molecule has 2 heterocycles. The average Bonchev–Trinajstić information content (AvgIpc) is 3.13. The van der Waals surface area contributed by atoms with Crippen molar-refractivity contribution in [2.75, 3.05) is 0 Å². The molecule has 0 aliphatic rings. The number of nitrogens with zero attached hydrogens (tertiary/aromatic N) is 2. The largest absolute Gasteiger partial charge is 0.456 e. The van der Waals surface area contributed by atoms with Crippen molar-refractivity contribution in [3.05, 3.63) is 93.4 Å². The average molecular weight is 380 g/mol. The molecule has 0 atom stereocenters. The van der Waals surface area contributed by atoms with Gasteiger partial charge in [-0.15, -0.1) is 0 Å². The Morgan fingerprint density at radius 3 is 2.59 bits per heavy atom. The van der Waals surface area contributed by atoms with Gasteiger partial charge in [-0.3, -0.25) is 9.89 Å². The van der Waals surface area contributed by atoms with E-state index in [1.165, 1.54) is 16.6 Å². The van der Waals surface area contributed by atoms with Gasteiger partial charge in [0, 0.05) is 28.3 Å². The van der Waals surface area contributed by atoms with E-state index in [-0.39, 0.29) is 17.9 Å². The van der Waals surface area contributed by atoms with Gasteiger partial charge in [0.15, 0.2) is 5.65 Å². The van der Waals surface area contributed by atoms with Crippen molar-refractivity contribution in [1.82, 2.24) is 14.6 Å². The number of hydrogen-bond donors (Lipinski definition) is 1. The Morgan fingerprint density at radius 2 is 1.81 bits per heavy atom. The van der Waals surface area contributed by atoms with E-state index in [1.54, 1.807) is 18.2 Å². The van der Waals surface area contributed by atoms with Gasteiger partial charge in [0.25, 0.3) is 5.56 Å². The zero-order valence-electron chi connectivity index (χ0n) is 14.1. The predicted molar refractivity (Wildman–Crippen MR) is 102 cm³/mol. The van der Waals surface area contributed by atoms with Gasteiger partial charge in [0.05, 0.1) is 5.69 Å². The third kappa shape index (κ3) is 3.47. The van der Waals surface area contributed by atoms with E-state index in [9.17, 15) is 9.59 Å². The minimum atomic E-state index is -0.596. The number of rotatable bonds is 4. The number of aromatic amines is 1. The van der Waals surface area contributed by atoms with Gasteiger partial charge in [-0.2, -0.15) is 0 Å². The van der Waals surface area contributed by atoms with E-state index >= 15 is 0 Å². The van der Waals surface area contributed by atoms with E-state index < -0.39 is 5.97 Å². The molecule has 4 aromatic rings. The van der Waals surface area contributed by atoms with Gasteiger partial charge in [0.1, 0.15) is 12.3 Å². The Hall–Kier alpha value is -3.38. The molecule has 0 aliphatic carbocycles. The molecule has 2 aromatic carbocycles. The number of hydrogen-bond acceptors (Lipinski definition) is 4. The zero-order valence-corrected chi connectivity index (χ0v) is 14.8. The van der Waals surface area contributed by atoms with Gasteiger partial charge in [-0.05, 0) is 6.07 Å². The van der Waals surface area contributed by atoms with Gasteiger partial charge < -0.3 is 4.74 Å². The zero-order chi connectivity index (χ0) is 18.8. The lowest BCUT2D eigenvalue weighted by Crippen LogP contribution is -2.15. The van der Waals surface area contributed by atoms with Gasteiger partial charge in [-0.25, -0.2) is 14.3 Å². The molecule has 0 amide bonds. The molecule has 0 saturated heterocycles. The molecule has 4 rings (SSSR count). The number of nitrogens with one attached hydrogen (secondary N) is 1. The second-order valence-corrected chi connectivity index (χ2v) is 6.28. The number of benzene rings is 2. The van der Waals surface area contributed by atoms with Crippen molar-refractivity contribution in [3.8, 4) is 11.3 Å². The molecule has 7 heteroatoms. The molecule has 0 fully saturated rings. The summed E-state index contributed by atoms with van der Waals surface area (Å²) < 4.78 is 6.49. The number of ether oxygens (including phenoxy) is 1. The fourth-order valence-electron chi connectivity index (χ4n) is 2.69. The number of halogens is 1. The van der Waals surface area contributed by atoms with Crippen LogP contribution in [0.3, 0.4) is 0 Å². The first-order valence-electron chi connectivity index (χ1n) is 8.20. The fraction of sp³-hybridized carbons (Fsp3) is 0.0500. The van der Waals surface area contributed by atoms with E-state index in [4.69, 9.17) is 16.3 Å². The first kappa shape index (κ1) is 17.1. The molecule has 0 radical (unpaired) electrons. The van der Waals surface area contributed by atoms with Gasteiger partial charge >= 0.3 is 5.97 Å². The monoisotopic (exact) mass is 379 g/mol. The maximum Gasteiger partial charge on any atom is 0.356 e. The SMILES string of the molecule is O=C(OCc1ccccc1Cl)c1cc2nc(-c3ccccc3)cc(=O)n2[nH]1. The predicted octanol–water partition coefficient (Wildman–Crippen LogP) is 3.70. The lowest BCUT2D eigenvalue weighted by Gasteiger charge is -2.04. The number of carbonyl (C=O) groups is 1. The highest BCUT2D eigenvalue weighted by Crippen LogP contribution is 2.18. The van der Waals surface area contributed by atoms with Crippen molar-refractivity contribution in [1.29, 1.82) is 0 Å². The molecule has 0 saturated carbocycles. The van der Waals surface area contributed by atoms with Crippen LogP contribution >= 0.6 is 11.6 Å². The molecule has 0 aliphatic heterocycles. The maximum atomic E-state index is 12.4. The Kier molecular flexibility index (Phi) is 4.48. The van der Waals surface area contributed by atoms with E-state index in [2.05, 4.69) is 10.1 Å². The molecule has 1 N–H and O–H groups in total. The Labute approximate surface area is 159 Å². The molecule has 2 aromatic heterocycles. The second kappa shape index (κ2) is 7.09. The third-order valence-electron chi connectivity index (χ3n) is 4.06. The molecular weight excluding hydrogens is 366 g/mol. The minimum Gasteiger partial charge on any atom is -0.456 e. The summed E-state index contributed by atoms with van der Waals surface area (Å²) in [6.07, 6.45) is 0. The summed E-state index contributed by atoms with van der Waals surface area (Å²) in [5.74, 6) is -0.596. The summed E-state index contributed by atoms with van der Waals surface area (Å²) in [5, 5.41) is 3.25. The Balaban J connectivity index is 1.61. The number of aromatic nitrogens is 3. The maximum absolute atomic E-state index is 12.4. The molecule has 134 valence electrons. The summed E-state index contributed by atoms with van der Waals surface area (Å²) in [6, 6.07) is 19.4. The summed E-state index contributed by atoms with van der Waals surface area (Å²) in [4.78, 5) is 29.1. The standard InChI is InChI=1S/C20H14ClN3O3/c21-15-9-5-4-8-14(15)12-27-20(26)17-10-18-22-16(11-19(25)24(18)23-17)13-6-2-1-3-7-13/h1-11,23H,12H2. The first-order valence-corrected chi connectivity index (χ1v) is 8.58. The lowest BCUT2D eigenvalue weighted by molar-refractivity contribution is 0.0465. The number of carbonyl (C=O) groups excluding carboxylic acids is 1. The van der Waals surface area contributed by atoms with E-state index in [0.717, 1.165) is 5.56 Å². The summed E-state index contributed by atoms with van der Waals surface area (Å²) in [6.45, 7) is 0.0332. The first-order chi connectivity index (χ1) is 13.1. The molecule has 6 nitrogen and oxygen atoms in total. The van der Waals surface area contributed by atoms with Crippen LogP contribution in [0, 0.1) is 0 Å². The third-order valence-corrected chi connectivity index (χ3v) is 4.43. The van der Waals surface area contributed by atoms with Crippen molar-refractivity contribution in [2.45, 2.75) is 6.61 Å². The van der Waals surface area contributed by atoms with Crippen LogP contribution in [0.4, 0.5) is 0 Å². The lowest BCUT2D eigenvalue weighted by atomic mass is 10.1. The fourth-order valence-corrected chi connectivity index (χ4v) is 2.88. The topological polar surface area (TPSA) is 76.5 Å². The highest BCUT2D eigenvalue weighted by Gasteiger charge is 2.14. The van der Waals surface area contributed by atoms with Crippen molar-refractivity contribution < 1.29 is 9.53 Å². The molecular formula is C20H14ClN3O3. The van der Waals surface area contributed by atoms with Crippen molar-refractivity contribution >= 4 is 23.2 Å². The number of esters is 1. The summed E-state index contributed by atoms with van der Waals surface area (Å²) in [5.41, 5.74) is 2.22. The van der Waals surface area contributed by atoms with Crippen LogP contribution in [-0.2, 0) is 11.3 Å². The summed E-state index contributed by atoms with van der Waals surface area (Å²) >= 11 is 6.06. The van der Waals surface area contributed by atoms with Crippen LogP contribution in [0.1, 0.15) is 16.1 Å². The Morgan fingerprint density at radius 1 is 1.07 bits per heavy atom. The van der Waals surface area contributed by atoms with Crippen LogP contribution in [0.2, 0.25) is 5.02 Å². The van der Waals surface area contributed by atoms with Crippen LogP contribution in [0.25, 0.3) is 16.9 Å². The van der Waals surface area contributed by atoms with Crippen LogP contribution in [-0.4, -0.2) is 20.6 Å². The normalized spacial score (nSPS) is 10.9. The van der Waals surface area contributed by atoms with Crippen molar-refractivity contribution in [2.24, 2.45) is 0 Å². The Bertz CT molecular complexity index is 1180. The smallest absolute Gasteiger partial charge is 0.356 e. The quantitative estimate of drug-likeness (QED) is 0.548. The summed E-state index contributed by atoms with van der Waals surface area (Å²) in [7, 11) is 0. The molecule has 0 unspecified atom stereocenters. The van der Waals surface area contributed by atoms with E-state index in [1.807, 2.05) is 36.4 Å².